The molecule has 0 aliphatic carbocycles. The first-order valence-corrected chi connectivity index (χ1v) is 3.89. The summed E-state index contributed by atoms with van der Waals surface area (Å²) in [5.41, 5.74) is -0.0919. The molecule has 0 saturated carbocycles. The average Bonchev–Trinajstić information content (AvgIpc) is 2.09. The van der Waals surface area contributed by atoms with Crippen LogP contribution in [0.15, 0.2) is 12.1 Å². The van der Waals surface area contributed by atoms with Crippen LogP contribution in [-0.2, 0) is 6.61 Å². The maximum absolute atomic E-state index is 13.1. The molecule has 13 heavy (non-hydrogen) atoms. The summed E-state index contributed by atoms with van der Waals surface area (Å²) < 4.78 is 13.1. The molecule has 0 fully saturated rings. The molecule has 0 amide bonds. The summed E-state index contributed by atoms with van der Waals surface area (Å²) in [7, 11) is -1.81. The van der Waals surface area contributed by atoms with E-state index in [1.54, 1.807) is 0 Å². The van der Waals surface area contributed by atoms with Crippen LogP contribution in [0.3, 0.4) is 0 Å². The molecular formula is C7H7BClFO3. The molecule has 0 saturated heterocycles. The predicted octanol–water partition coefficient (Wildman–Crippen LogP) is -0.349. The smallest absolute Gasteiger partial charge is 0.423 e. The van der Waals surface area contributed by atoms with Crippen molar-refractivity contribution >= 4 is 24.2 Å². The third kappa shape index (κ3) is 2.00. The Morgan fingerprint density at radius 2 is 2.00 bits per heavy atom. The Balaban J connectivity index is 3.23. The van der Waals surface area contributed by atoms with E-state index in [4.69, 9.17) is 26.8 Å². The number of hydrogen-bond donors (Lipinski definition) is 3. The van der Waals surface area contributed by atoms with E-state index in [9.17, 15) is 4.39 Å². The molecule has 0 heterocycles. The molecule has 3 N–H and O–H groups in total. The second-order valence-electron chi connectivity index (χ2n) is 2.47. The minimum Gasteiger partial charge on any atom is -0.423 e. The number of benzene rings is 1. The highest BCUT2D eigenvalue weighted by molar-refractivity contribution is 6.62. The van der Waals surface area contributed by atoms with E-state index in [1.807, 2.05) is 0 Å². The summed E-state index contributed by atoms with van der Waals surface area (Å²) in [6, 6.07) is 2.50. The second kappa shape index (κ2) is 4.06. The molecule has 0 bridgehead atoms. The monoisotopic (exact) mass is 204 g/mol. The molecule has 0 spiro atoms. The number of hydrogen-bond acceptors (Lipinski definition) is 3. The zero-order valence-electron chi connectivity index (χ0n) is 6.54. The lowest BCUT2D eigenvalue weighted by atomic mass is 9.80. The Labute approximate surface area is 79.5 Å². The van der Waals surface area contributed by atoms with Gasteiger partial charge in [0, 0.05) is 11.0 Å². The molecule has 3 nitrogen and oxygen atoms in total. The van der Waals surface area contributed by atoms with Crippen LogP contribution >= 0.6 is 11.6 Å². The van der Waals surface area contributed by atoms with Gasteiger partial charge in [0.1, 0.15) is 5.82 Å². The third-order valence-corrected chi connectivity index (χ3v) is 2.02. The van der Waals surface area contributed by atoms with Crippen LogP contribution in [0.25, 0.3) is 0 Å². The fourth-order valence-corrected chi connectivity index (χ4v) is 1.21. The van der Waals surface area contributed by atoms with Gasteiger partial charge in [0.15, 0.2) is 0 Å². The molecule has 0 atom stereocenters. The van der Waals surface area contributed by atoms with Crippen molar-refractivity contribution < 1.29 is 19.5 Å². The maximum Gasteiger partial charge on any atom is 0.490 e. The van der Waals surface area contributed by atoms with Gasteiger partial charge in [-0.1, -0.05) is 23.7 Å². The van der Waals surface area contributed by atoms with Crippen LogP contribution in [0.5, 0.6) is 0 Å². The first kappa shape index (κ1) is 10.5. The highest BCUT2D eigenvalue weighted by Gasteiger charge is 2.19. The Hall–Kier alpha value is -0.615. The van der Waals surface area contributed by atoms with E-state index in [-0.39, 0.29) is 16.0 Å². The molecule has 0 aliphatic heterocycles. The fourth-order valence-electron chi connectivity index (χ4n) is 0.926. The van der Waals surface area contributed by atoms with Crippen LogP contribution in [0.2, 0.25) is 5.02 Å². The number of aliphatic hydroxyl groups is 1. The zero-order chi connectivity index (χ0) is 10.0. The maximum atomic E-state index is 13.1. The van der Waals surface area contributed by atoms with Crippen molar-refractivity contribution in [1.82, 2.24) is 0 Å². The molecule has 1 aromatic rings. The molecule has 0 aliphatic rings. The Kier molecular flexibility index (Phi) is 3.27. The predicted molar refractivity (Wildman–Crippen MR) is 47.2 cm³/mol. The van der Waals surface area contributed by atoms with E-state index < -0.39 is 19.5 Å². The summed E-state index contributed by atoms with van der Waals surface area (Å²) in [6.45, 7) is -0.479. The van der Waals surface area contributed by atoms with Crippen molar-refractivity contribution in [2.45, 2.75) is 6.61 Å². The van der Waals surface area contributed by atoms with Gasteiger partial charge < -0.3 is 15.2 Å². The van der Waals surface area contributed by atoms with Crippen LogP contribution in [0.1, 0.15) is 5.56 Å². The molecule has 6 heteroatoms. The molecule has 1 rings (SSSR count). The molecule has 0 aromatic heterocycles. The largest absolute Gasteiger partial charge is 0.490 e. The first-order valence-electron chi connectivity index (χ1n) is 3.51. The van der Waals surface area contributed by atoms with Crippen LogP contribution in [0, 0.1) is 5.82 Å². The van der Waals surface area contributed by atoms with E-state index in [2.05, 4.69) is 0 Å². The van der Waals surface area contributed by atoms with Gasteiger partial charge in [-0.2, -0.15) is 0 Å². The van der Waals surface area contributed by atoms with E-state index in [0.29, 0.717) is 0 Å². The van der Waals surface area contributed by atoms with E-state index in [1.165, 1.54) is 12.1 Å². The fraction of sp³-hybridized carbons (Fsp3) is 0.143. The molecular weight excluding hydrogens is 197 g/mol. The van der Waals surface area contributed by atoms with Crippen molar-refractivity contribution in [2.24, 2.45) is 0 Å². The Bertz CT molecular complexity index is 319. The van der Waals surface area contributed by atoms with Crippen molar-refractivity contribution in [1.29, 1.82) is 0 Å². The van der Waals surface area contributed by atoms with Crippen LogP contribution < -0.4 is 5.46 Å². The van der Waals surface area contributed by atoms with Crippen molar-refractivity contribution in [2.75, 3.05) is 0 Å². The summed E-state index contributed by atoms with van der Waals surface area (Å²) in [4.78, 5) is 0. The van der Waals surface area contributed by atoms with Gasteiger partial charge in [0.05, 0.1) is 11.6 Å². The number of halogens is 2. The highest BCUT2D eigenvalue weighted by Crippen LogP contribution is 2.16. The van der Waals surface area contributed by atoms with Gasteiger partial charge in [0.2, 0.25) is 0 Å². The van der Waals surface area contributed by atoms with E-state index >= 15 is 0 Å². The topological polar surface area (TPSA) is 60.7 Å². The molecule has 0 unspecified atom stereocenters. The second-order valence-corrected chi connectivity index (χ2v) is 2.85. The molecule has 0 radical (unpaired) electrons. The minimum atomic E-state index is -1.81. The summed E-state index contributed by atoms with van der Waals surface area (Å²) in [5.74, 6) is -0.824. The Morgan fingerprint density at radius 1 is 1.38 bits per heavy atom. The number of aliphatic hydroxyl groups excluding tert-OH is 1. The zero-order valence-corrected chi connectivity index (χ0v) is 7.29. The van der Waals surface area contributed by atoms with Crippen molar-refractivity contribution in [3.05, 3.63) is 28.5 Å². The molecule has 70 valence electrons. The standard InChI is InChI=1S/C7H7BClFO3/c9-6-5(8(12)13)2-1-4(3-11)7(6)10/h1-2,11-13H,3H2. The van der Waals surface area contributed by atoms with Crippen LogP contribution in [-0.4, -0.2) is 22.3 Å². The first-order chi connectivity index (χ1) is 6.07. The van der Waals surface area contributed by atoms with Gasteiger partial charge in [0.25, 0.3) is 0 Å². The van der Waals surface area contributed by atoms with Crippen molar-refractivity contribution in [3.8, 4) is 0 Å². The third-order valence-electron chi connectivity index (χ3n) is 1.64. The van der Waals surface area contributed by atoms with Gasteiger partial charge in [-0.25, -0.2) is 4.39 Å². The quantitative estimate of drug-likeness (QED) is 0.577. The lowest BCUT2D eigenvalue weighted by molar-refractivity contribution is 0.276. The van der Waals surface area contributed by atoms with Crippen LogP contribution in [0.4, 0.5) is 4.39 Å². The lowest BCUT2D eigenvalue weighted by Gasteiger charge is -2.06. The SMILES string of the molecule is OCc1ccc(B(O)O)c(Cl)c1F. The highest BCUT2D eigenvalue weighted by atomic mass is 35.5. The van der Waals surface area contributed by atoms with Crippen molar-refractivity contribution in [3.63, 3.8) is 0 Å². The van der Waals surface area contributed by atoms with Gasteiger partial charge in [-0.3, -0.25) is 0 Å². The summed E-state index contributed by atoms with van der Waals surface area (Å²) in [6.07, 6.45) is 0. The number of rotatable bonds is 2. The molecule has 1 aromatic carbocycles. The van der Waals surface area contributed by atoms with Gasteiger partial charge in [-0.15, -0.1) is 0 Å². The average molecular weight is 204 g/mol. The summed E-state index contributed by atoms with van der Waals surface area (Å²) in [5, 5.41) is 25.7. The summed E-state index contributed by atoms with van der Waals surface area (Å²) >= 11 is 5.47. The Morgan fingerprint density at radius 3 is 2.46 bits per heavy atom. The van der Waals surface area contributed by atoms with E-state index in [0.717, 1.165) is 0 Å². The normalized spacial score (nSPS) is 10.2. The lowest BCUT2D eigenvalue weighted by Crippen LogP contribution is -2.31. The minimum absolute atomic E-state index is 0.0226. The van der Waals surface area contributed by atoms with Gasteiger partial charge in [-0.05, 0) is 0 Å². The van der Waals surface area contributed by atoms with Gasteiger partial charge >= 0.3 is 7.12 Å².